The molecule has 1 fully saturated rings. The highest BCUT2D eigenvalue weighted by molar-refractivity contribution is 5.94. The van der Waals surface area contributed by atoms with Gasteiger partial charge in [-0.3, -0.25) is 0 Å². The van der Waals surface area contributed by atoms with Crippen molar-refractivity contribution in [2.45, 2.75) is 19.4 Å². The van der Waals surface area contributed by atoms with Gasteiger partial charge in [-0.25, -0.2) is 0 Å². The van der Waals surface area contributed by atoms with Crippen molar-refractivity contribution in [1.82, 2.24) is 9.47 Å². The first-order chi connectivity index (χ1) is 10.4. The van der Waals surface area contributed by atoms with Gasteiger partial charge in [0.25, 0.3) is 0 Å². The van der Waals surface area contributed by atoms with Gasteiger partial charge in [-0.1, -0.05) is 12.1 Å². The lowest BCUT2D eigenvalue weighted by Gasteiger charge is -2.15. The molecule has 0 aliphatic carbocycles. The summed E-state index contributed by atoms with van der Waals surface area (Å²) in [6, 6.07) is 12.6. The van der Waals surface area contributed by atoms with Gasteiger partial charge in [0.05, 0.1) is 6.26 Å². The fourth-order valence-corrected chi connectivity index (χ4v) is 3.32. The van der Waals surface area contributed by atoms with E-state index in [9.17, 15) is 0 Å². The Bertz CT molecular complexity index is 721. The van der Waals surface area contributed by atoms with Gasteiger partial charge >= 0.3 is 0 Å². The van der Waals surface area contributed by atoms with E-state index in [1.54, 1.807) is 6.26 Å². The molecule has 3 nitrogen and oxygen atoms in total. The van der Waals surface area contributed by atoms with Gasteiger partial charge in [0.2, 0.25) is 0 Å². The lowest BCUT2D eigenvalue weighted by Crippen LogP contribution is -2.23. The van der Waals surface area contributed by atoms with Crippen LogP contribution < -0.4 is 0 Å². The maximum atomic E-state index is 5.56. The van der Waals surface area contributed by atoms with Crippen LogP contribution in [-0.2, 0) is 6.54 Å². The number of furan rings is 1. The van der Waals surface area contributed by atoms with Gasteiger partial charge in [0.15, 0.2) is 0 Å². The minimum atomic E-state index is 0.942. The van der Waals surface area contributed by atoms with E-state index in [1.807, 2.05) is 12.1 Å². The molecule has 0 amide bonds. The van der Waals surface area contributed by atoms with Gasteiger partial charge in [-0.2, -0.15) is 0 Å². The van der Waals surface area contributed by atoms with Gasteiger partial charge in [0, 0.05) is 35.8 Å². The van der Waals surface area contributed by atoms with Gasteiger partial charge in [-0.15, -0.1) is 0 Å². The zero-order chi connectivity index (χ0) is 14.1. The normalized spacial score (nSPS) is 16.0. The number of rotatable bonds is 4. The van der Waals surface area contributed by atoms with Crippen LogP contribution in [0, 0.1) is 0 Å². The van der Waals surface area contributed by atoms with Crippen molar-refractivity contribution in [3.63, 3.8) is 0 Å². The SMILES string of the molecule is c1coc(-c2cccc3c2ccn3CCN2CCCC2)c1. The molecule has 0 radical (unpaired) electrons. The van der Waals surface area contributed by atoms with Crippen molar-refractivity contribution in [3.8, 4) is 11.3 Å². The Morgan fingerprint density at radius 2 is 1.86 bits per heavy atom. The predicted molar refractivity (Wildman–Crippen MR) is 85.3 cm³/mol. The first kappa shape index (κ1) is 12.7. The van der Waals surface area contributed by atoms with Crippen molar-refractivity contribution >= 4 is 10.9 Å². The molecule has 108 valence electrons. The third kappa shape index (κ3) is 2.38. The summed E-state index contributed by atoms with van der Waals surface area (Å²) in [6.45, 7) is 4.73. The second-order valence-electron chi connectivity index (χ2n) is 5.77. The Morgan fingerprint density at radius 1 is 0.952 bits per heavy atom. The number of fused-ring (bicyclic) bond motifs is 1. The predicted octanol–water partition coefficient (Wildman–Crippen LogP) is 4.00. The van der Waals surface area contributed by atoms with Crippen LogP contribution in [-0.4, -0.2) is 29.1 Å². The Morgan fingerprint density at radius 3 is 2.67 bits per heavy atom. The van der Waals surface area contributed by atoms with Crippen molar-refractivity contribution in [2.75, 3.05) is 19.6 Å². The van der Waals surface area contributed by atoms with Crippen LogP contribution >= 0.6 is 0 Å². The molecule has 1 aromatic carbocycles. The third-order valence-electron chi connectivity index (χ3n) is 4.46. The maximum Gasteiger partial charge on any atom is 0.134 e. The smallest absolute Gasteiger partial charge is 0.134 e. The molecular formula is C18H20N2O. The van der Waals surface area contributed by atoms with Crippen LogP contribution in [0.2, 0.25) is 0 Å². The number of aromatic nitrogens is 1. The van der Waals surface area contributed by atoms with Crippen LogP contribution in [0.15, 0.2) is 53.3 Å². The highest BCUT2D eigenvalue weighted by atomic mass is 16.3. The number of hydrogen-bond acceptors (Lipinski definition) is 2. The van der Waals surface area contributed by atoms with E-state index in [0.717, 1.165) is 18.8 Å². The summed E-state index contributed by atoms with van der Waals surface area (Å²) in [5.41, 5.74) is 2.47. The quantitative estimate of drug-likeness (QED) is 0.720. The summed E-state index contributed by atoms with van der Waals surface area (Å²) in [4.78, 5) is 2.56. The van der Waals surface area contributed by atoms with E-state index in [0.29, 0.717) is 0 Å². The summed E-state index contributed by atoms with van der Waals surface area (Å²) < 4.78 is 7.92. The first-order valence-corrected chi connectivity index (χ1v) is 7.76. The largest absolute Gasteiger partial charge is 0.464 e. The molecule has 1 aliphatic rings. The molecule has 0 saturated carbocycles. The lowest BCUT2D eigenvalue weighted by molar-refractivity contribution is 0.324. The molecule has 0 atom stereocenters. The molecule has 2 aromatic heterocycles. The zero-order valence-electron chi connectivity index (χ0n) is 12.2. The Hall–Kier alpha value is -2.00. The molecule has 0 N–H and O–H groups in total. The lowest BCUT2D eigenvalue weighted by atomic mass is 10.1. The first-order valence-electron chi connectivity index (χ1n) is 7.76. The van der Waals surface area contributed by atoms with E-state index in [-0.39, 0.29) is 0 Å². The molecular weight excluding hydrogens is 260 g/mol. The van der Waals surface area contributed by atoms with Crippen LogP contribution in [0.3, 0.4) is 0 Å². The summed E-state index contributed by atoms with van der Waals surface area (Å²) in [6.07, 6.45) is 6.65. The molecule has 3 heteroatoms. The maximum absolute atomic E-state index is 5.56. The van der Waals surface area contributed by atoms with Crippen molar-refractivity contribution in [2.24, 2.45) is 0 Å². The van der Waals surface area contributed by atoms with Gasteiger partial charge in [-0.05, 0) is 50.2 Å². The fourth-order valence-electron chi connectivity index (χ4n) is 3.32. The summed E-state index contributed by atoms with van der Waals surface area (Å²) in [7, 11) is 0. The van der Waals surface area contributed by atoms with E-state index < -0.39 is 0 Å². The highest BCUT2D eigenvalue weighted by Gasteiger charge is 2.13. The van der Waals surface area contributed by atoms with Crippen LogP contribution in [0.5, 0.6) is 0 Å². The van der Waals surface area contributed by atoms with E-state index >= 15 is 0 Å². The third-order valence-corrected chi connectivity index (χ3v) is 4.46. The molecule has 1 aliphatic heterocycles. The second-order valence-corrected chi connectivity index (χ2v) is 5.77. The molecule has 3 aromatic rings. The minimum absolute atomic E-state index is 0.942. The average Bonchev–Trinajstić information content (AvgIpc) is 3.25. The van der Waals surface area contributed by atoms with E-state index in [2.05, 4.69) is 39.9 Å². The summed E-state index contributed by atoms with van der Waals surface area (Å²) in [5.74, 6) is 0.942. The molecule has 21 heavy (non-hydrogen) atoms. The molecule has 0 bridgehead atoms. The summed E-state index contributed by atoms with van der Waals surface area (Å²) >= 11 is 0. The monoisotopic (exact) mass is 280 g/mol. The molecule has 3 heterocycles. The molecule has 0 spiro atoms. The van der Waals surface area contributed by atoms with Crippen molar-refractivity contribution in [3.05, 3.63) is 48.9 Å². The number of likely N-dealkylation sites (tertiary alicyclic amines) is 1. The van der Waals surface area contributed by atoms with Crippen LogP contribution in [0.1, 0.15) is 12.8 Å². The minimum Gasteiger partial charge on any atom is -0.464 e. The fraction of sp³-hybridized carbons (Fsp3) is 0.333. The molecule has 1 saturated heterocycles. The Balaban J connectivity index is 1.64. The van der Waals surface area contributed by atoms with Crippen molar-refractivity contribution < 1.29 is 4.42 Å². The summed E-state index contributed by atoms with van der Waals surface area (Å²) in [5, 5.41) is 1.27. The Kier molecular flexibility index (Phi) is 3.28. The van der Waals surface area contributed by atoms with Crippen molar-refractivity contribution in [1.29, 1.82) is 0 Å². The highest BCUT2D eigenvalue weighted by Crippen LogP contribution is 2.29. The average molecular weight is 280 g/mol. The second kappa shape index (κ2) is 5.41. The van der Waals surface area contributed by atoms with Crippen LogP contribution in [0.25, 0.3) is 22.2 Å². The number of nitrogens with zero attached hydrogens (tertiary/aromatic N) is 2. The van der Waals surface area contributed by atoms with Gasteiger partial charge < -0.3 is 13.9 Å². The molecule has 0 unspecified atom stereocenters. The van der Waals surface area contributed by atoms with Gasteiger partial charge in [0.1, 0.15) is 5.76 Å². The zero-order valence-corrected chi connectivity index (χ0v) is 12.2. The van der Waals surface area contributed by atoms with Crippen LogP contribution in [0.4, 0.5) is 0 Å². The van der Waals surface area contributed by atoms with E-state index in [4.69, 9.17) is 4.42 Å². The van der Waals surface area contributed by atoms with E-state index in [1.165, 1.54) is 42.4 Å². The molecule has 4 rings (SSSR count). The topological polar surface area (TPSA) is 21.3 Å². The standard InChI is InChI=1S/C18H20N2O/c1-2-10-19(9-1)12-13-20-11-8-15-16(5-3-6-17(15)20)18-7-4-14-21-18/h3-8,11,14H,1-2,9-10,12-13H2. The number of benzene rings is 1. The number of hydrogen-bond donors (Lipinski definition) is 0. The Labute approximate surface area is 124 Å².